The minimum absolute atomic E-state index is 0.0821. The molecule has 0 aliphatic rings. The maximum Gasteiger partial charge on any atom is 0.344 e. The predicted octanol–water partition coefficient (Wildman–Crippen LogP) is 3.60. The van der Waals surface area contributed by atoms with Crippen molar-refractivity contribution in [1.82, 2.24) is 0 Å². The van der Waals surface area contributed by atoms with E-state index in [2.05, 4.69) is 5.32 Å². The van der Waals surface area contributed by atoms with Crippen LogP contribution in [0.1, 0.15) is 51.5 Å². The number of nitrogens with one attached hydrogen (secondary N) is 1. The summed E-state index contributed by atoms with van der Waals surface area (Å²) in [5.41, 5.74) is 2.18. The zero-order chi connectivity index (χ0) is 20.1. The summed E-state index contributed by atoms with van der Waals surface area (Å²) in [5.74, 6) is -0.946. The van der Waals surface area contributed by atoms with E-state index in [1.54, 1.807) is 19.9 Å². The fraction of sp³-hybridized carbons (Fsp3) is 0.350. The van der Waals surface area contributed by atoms with E-state index in [1.165, 1.54) is 6.92 Å². The highest BCUT2D eigenvalue weighted by molar-refractivity contribution is 6.10. The van der Waals surface area contributed by atoms with Crippen LogP contribution >= 0.6 is 0 Å². The maximum absolute atomic E-state index is 12.2. The highest BCUT2D eigenvalue weighted by Crippen LogP contribution is 2.28. The lowest BCUT2D eigenvalue weighted by atomic mass is 10.1. The van der Waals surface area contributed by atoms with Crippen molar-refractivity contribution in [3.05, 3.63) is 46.2 Å². The molecule has 0 spiro atoms. The van der Waals surface area contributed by atoms with Gasteiger partial charge in [0.1, 0.15) is 17.1 Å². The van der Waals surface area contributed by atoms with Crippen LogP contribution in [-0.2, 0) is 9.53 Å². The topological polar surface area (TPSA) is 94.8 Å². The summed E-state index contributed by atoms with van der Waals surface area (Å²) in [6, 6.07) is 5.50. The molecule has 1 N–H and O–H groups in total. The minimum atomic E-state index is -0.732. The van der Waals surface area contributed by atoms with Crippen molar-refractivity contribution < 1.29 is 28.3 Å². The van der Waals surface area contributed by atoms with Crippen LogP contribution in [0.2, 0.25) is 0 Å². The molecule has 0 atom stereocenters. The Bertz CT molecular complexity index is 881. The van der Waals surface area contributed by atoms with Gasteiger partial charge in [-0.25, -0.2) is 4.79 Å². The van der Waals surface area contributed by atoms with Gasteiger partial charge in [-0.15, -0.1) is 0 Å². The molecule has 1 amide bonds. The second kappa shape index (κ2) is 8.53. The van der Waals surface area contributed by atoms with Crippen LogP contribution in [0.5, 0.6) is 5.75 Å². The van der Waals surface area contributed by atoms with Crippen molar-refractivity contribution >= 4 is 23.5 Å². The molecule has 7 heteroatoms. The molecule has 0 unspecified atom stereocenters. The molecule has 2 aromatic rings. The molecule has 0 fully saturated rings. The molecule has 27 heavy (non-hydrogen) atoms. The number of rotatable bonds is 7. The van der Waals surface area contributed by atoms with Crippen molar-refractivity contribution in [2.45, 2.75) is 34.6 Å². The molecule has 0 saturated heterocycles. The fourth-order valence-corrected chi connectivity index (χ4v) is 2.57. The van der Waals surface area contributed by atoms with Gasteiger partial charge in [0.05, 0.1) is 12.2 Å². The van der Waals surface area contributed by atoms with Crippen LogP contribution in [0.3, 0.4) is 0 Å². The van der Waals surface area contributed by atoms with E-state index < -0.39 is 11.9 Å². The Hall–Kier alpha value is -3.09. The Morgan fingerprint density at radius 1 is 1.07 bits per heavy atom. The number of ether oxygens (including phenoxy) is 2. The van der Waals surface area contributed by atoms with Crippen LogP contribution in [0.15, 0.2) is 22.6 Å². The normalized spacial score (nSPS) is 10.4. The number of furan rings is 1. The van der Waals surface area contributed by atoms with E-state index in [0.29, 0.717) is 5.75 Å². The number of Topliss-reactive ketones (excluding diaryl/α,β-unsaturated/α-hetero) is 1. The molecular weight excluding hydrogens is 350 g/mol. The van der Waals surface area contributed by atoms with Crippen molar-refractivity contribution in [1.29, 1.82) is 0 Å². The number of hydrogen-bond donors (Lipinski definition) is 1. The zero-order valence-electron chi connectivity index (χ0n) is 16.1. The molecule has 144 valence electrons. The average molecular weight is 373 g/mol. The number of esters is 1. The van der Waals surface area contributed by atoms with Gasteiger partial charge in [0.25, 0.3) is 5.91 Å². The lowest BCUT2D eigenvalue weighted by Crippen LogP contribution is -2.22. The summed E-state index contributed by atoms with van der Waals surface area (Å²) in [6.45, 7) is 8.28. The Morgan fingerprint density at radius 2 is 1.78 bits per heavy atom. The molecule has 0 saturated carbocycles. The van der Waals surface area contributed by atoms with Crippen molar-refractivity contribution in [2.75, 3.05) is 18.5 Å². The zero-order valence-corrected chi connectivity index (χ0v) is 16.1. The third-order valence-electron chi connectivity index (χ3n) is 4.02. The summed E-state index contributed by atoms with van der Waals surface area (Å²) < 4.78 is 15.9. The lowest BCUT2D eigenvalue weighted by Gasteiger charge is -2.09. The van der Waals surface area contributed by atoms with Gasteiger partial charge in [0, 0.05) is 0 Å². The molecule has 0 aliphatic carbocycles. The number of carbonyl (C=O) groups is 3. The Labute approximate surface area is 157 Å². The standard InChI is InChI=1S/C20H23NO6/c1-6-25-20(24)18-17(13(4)22)14(5)27-19(18)21-16(23)10-26-15-8-7-11(2)12(3)9-15/h7-9H,6,10H2,1-5H3,(H,21,23). The number of aryl methyl sites for hydroxylation is 3. The number of hydrogen-bond acceptors (Lipinski definition) is 6. The average Bonchev–Trinajstić information content (AvgIpc) is 2.92. The number of carbonyl (C=O) groups excluding carboxylic acids is 3. The molecular formula is C20H23NO6. The van der Waals surface area contributed by atoms with Crippen LogP contribution < -0.4 is 10.1 Å². The second-order valence-corrected chi connectivity index (χ2v) is 6.10. The van der Waals surface area contributed by atoms with Gasteiger partial charge in [-0.05, 0) is 57.9 Å². The van der Waals surface area contributed by atoms with Crippen molar-refractivity contribution in [3.63, 3.8) is 0 Å². The number of ketones is 1. The number of amides is 1. The summed E-state index contributed by atoms with van der Waals surface area (Å²) >= 11 is 0. The Morgan fingerprint density at radius 3 is 2.37 bits per heavy atom. The van der Waals surface area contributed by atoms with Crippen LogP contribution in [-0.4, -0.2) is 30.9 Å². The van der Waals surface area contributed by atoms with Gasteiger partial charge in [-0.1, -0.05) is 6.07 Å². The van der Waals surface area contributed by atoms with Gasteiger partial charge in [0.2, 0.25) is 5.88 Å². The van der Waals surface area contributed by atoms with Gasteiger partial charge in [0.15, 0.2) is 12.4 Å². The molecule has 1 aromatic carbocycles. The molecule has 0 bridgehead atoms. The van der Waals surface area contributed by atoms with Gasteiger partial charge >= 0.3 is 5.97 Å². The summed E-state index contributed by atoms with van der Waals surface area (Å²) in [5, 5.41) is 2.48. The van der Waals surface area contributed by atoms with Gasteiger partial charge < -0.3 is 13.9 Å². The third-order valence-corrected chi connectivity index (χ3v) is 4.02. The first-order valence-corrected chi connectivity index (χ1v) is 8.55. The minimum Gasteiger partial charge on any atom is -0.484 e. The SMILES string of the molecule is CCOC(=O)c1c(NC(=O)COc2ccc(C)c(C)c2)oc(C)c1C(C)=O. The van der Waals surface area contributed by atoms with E-state index in [4.69, 9.17) is 13.9 Å². The summed E-state index contributed by atoms with van der Waals surface area (Å²) in [4.78, 5) is 36.3. The monoisotopic (exact) mass is 373 g/mol. The van der Waals surface area contributed by atoms with E-state index in [9.17, 15) is 14.4 Å². The van der Waals surface area contributed by atoms with Crippen molar-refractivity contribution in [3.8, 4) is 5.75 Å². The molecule has 1 heterocycles. The first-order valence-electron chi connectivity index (χ1n) is 8.55. The second-order valence-electron chi connectivity index (χ2n) is 6.10. The Kier molecular flexibility index (Phi) is 6.39. The first kappa shape index (κ1) is 20.2. The fourth-order valence-electron chi connectivity index (χ4n) is 2.57. The molecule has 1 aromatic heterocycles. The number of benzene rings is 1. The van der Waals surface area contributed by atoms with E-state index in [0.717, 1.165) is 11.1 Å². The lowest BCUT2D eigenvalue weighted by molar-refractivity contribution is -0.118. The smallest absolute Gasteiger partial charge is 0.344 e. The van der Waals surface area contributed by atoms with E-state index in [1.807, 2.05) is 26.0 Å². The predicted molar refractivity (Wildman–Crippen MR) is 99.4 cm³/mol. The first-order chi connectivity index (χ1) is 12.7. The van der Waals surface area contributed by atoms with Crippen LogP contribution in [0.4, 0.5) is 5.88 Å². The molecule has 7 nitrogen and oxygen atoms in total. The molecule has 2 rings (SSSR count). The maximum atomic E-state index is 12.2. The van der Waals surface area contributed by atoms with E-state index >= 15 is 0 Å². The number of anilines is 1. The quantitative estimate of drug-likeness (QED) is 0.588. The van der Waals surface area contributed by atoms with Crippen molar-refractivity contribution in [2.24, 2.45) is 0 Å². The highest BCUT2D eigenvalue weighted by atomic mass is 16.5. The van der Waals surface area contributed by atoms with Crippen LogP contribution in [0.25, 0.3) is 0 Å². The van der Waals surface area contributed by atoms with Crippen LogP contribution in [0, 0.1) is 20.8 Å². The summed E-state index contributed by atoms with van der Waals surface area (Å²) in [6.07, 6.45) is 0. The molecule has 0 aliphatic heterocycles. The van der Waals surface area contributed by atoms with Gasteiger partial charge in [-0.2, -0.15) is 0 Å². The largest absolute Gasteiger partial charge is 0.484 e. The highest BCUT2D eigenvalue weighted by Gasteiger charge is 2.28. The Balaban J connectivity index is 2.16. The van der Waals surface area contributed by atoms with E-state index in [-0.39, 0.29) is 41.8 Å². The third kappa shape index (κ3) is 4.75. The van der Waals surface area contributed by atoms with Gasteiger partial charge in [-0.3, -0.25) is 14.9 Å². The summed E-state index contributed by atoms with van der Waals surface area (Å²) in [7, 11) is 0. The molecule has 0 radical (unpaired) electrons.